The van der Waals surface area contributed by atoms with Gasteiger partial charge in [-0.05, 0) is 24.3 Å². The maximum absolute atomic E-state index is 11.9. The molecule has 1 aromatic heterocycles. The topological polar surface area (TPSA) is 78.0 Å². The van der Waals surface area contributed by atoms with Gasteiger partial charge in [0, 0.05) is 19.3 Å². The zero-order valence-corrected chi connectivity index (χ0v) is 10.2. The number of nitro groups is 1. The van der Waals surface area contributed by atoms with Crippen LogP contribution in [0, 0.1) is 10.1 Å². The van der Waals surface area contributed by atoms with Crippen molar-refractivity contribution in [2.24, 2.45) is 7.05 Å². The molecule has 1 heterocycles. The molecular weight excluding hydrogens is 246 g/mol. The normalized spacial score (nSPS) is 10.8. The number of benzene rings is 1. The van der Waals surface area contributed by atoms with E-state index in [4.69, 9.17) is 0 Å². The first-order valence-electron chi connectivity index (χ1n) is 5.53. The van der Waals surface area contributed by atoms with E-state index in [0.717, 1.165) is 0 Å². The maximum Gasteiger partial charge on any atom is 0.280 e. The molecule has 96 valence electrons. The SMILES string of the molecule is Cn1ccc(/C=C/C(=O)c2ccccc2[N+](=O)[O-])n1. The molecule has 6 heteroatoms. The van der Waals surface area contributed by atoms with Gasteiger partial charge in [-0.15, -0.1) is 0 Å². The Morgan fingerprint density at radius 1 is 1.37 bits per heavy atom. The summed E-state index contributed by atoms with van der Waals surface area (Å²) < 4.78 is 1.61. The van der Waals surface area contributed by atoms with Gasteiger partial charge < -0.3 is 0 Å². The molecule has 0 fully saturated rings. The van der Waals surface area contributed by atoms with Crippen molar-refractivity contribution in [1.29, 1.82) is 0 Å². The third kappa shape index (κ3) is 2.92. The van der Waals surface area contributed by atoms with Crippen LogP contribution in [0.4, 0.5) is 5.69 Å². The Morgan fingerprint density at radius 3 is 2.74 bits per heavy atom. The van der Waals surface area contributed by atoms with Crippen molar-refractivity contribution in [2.75, 3.05) is 0 Å². The summed E-state index contributed by atoms with van der Waals surface area (Å²) in [6.45, 7) is 0. The summed E-state index contributed by atoms with van der Waals surface area (Å²) in [7, 11) is 1.77. The molecule has 19 heavy (non-hydrogen) atoms. The van der Waals surface area contributed by atoms with Crippen LogP contribution in [0.15, 0.2) is 42.6 Å². The molecule has 0 radical (unpaired) electrons. The minimum Gasteiger partial charge on any atom is -0.289 e. The number of para-hydroxylation sites is 1. The highest BCUT2D eigenvalue weighted by molar-refractivity contribution is 6.09. The molecule has 0 spiro atoms. The van der Waals surface area contributed by atoms with Gasteiger partial charge in [0.25, 0.3) is 5.69 Å². The molecule has 0 aliphatic heterocycles. The van der Waals surface area contributed by atoms with E-state index in [2.05, 4.69) is 5.10 Å². The number of aromatic nitrogens is 2. The first-order valence-corrected chi connectivity index (χ1v) is 5.53. The zero-order valence-electron chi connectivity index (χ0n) is 10.2. The summed E-state index contributed by atoms with van der Waals surface area (Å²) in [5.41, 5.74) is 0.493. The number of ketones is 1. The second-order valence-corrected chi connectivity index (χ2v) is 3.89. The fourth-order valence-corrected chi connectivity index (χ4v) is 1.61. The van der Waals surface area contributed by atoms with Gasteiger partial charge in [-0.3, -0.25) is 19.6 Å². The summed E-state index contributed by atoms with van der Waals surface area (Å²) >= 11 is 0. The predicted octanol–water partition coefficient (Wildman–Crippen LogP) is 2.22. The lowest BCUT2D eigenvalue weighted by molar-refractivity contribution is -0.385. The van der Waals surface area contributed by atoms with Crippen LogP contribution >= 0.6 is 0 Å². The van der Waals surface area contributed by atoms with Gasteiger partial charge >= 0.3 is 0 Å². The fraction of sp³-hybridized carbons (Fsp3) is 0.0769. The molecular formula is C13H11N3O3. The quantitative estimate of drug-likeness (QED) is 0.364. The number of aryl methyl sites for hydroxylation is 1. The van der Waals surface area contributed by atoms with E-state index < -0.39 is 10.7 Å². The summed E-state index contributed by atoms with van der Waals surface area (Å²) in [5.74, 6) is -0.419. The van der Waals surface area contributed by atoms with E-state index in [1.807, 2.05) is 0 Å². The number of nitrogens with zero attached hydrogens (tertiary/aromatic N) is 3. The van der Waals surface area contributed by atoms with E-state index in [1.54, 1.807) is 30.1 Å². The smallest absolute Gasteiger partial charge is 0.280 e. The summed E-state index contributed by atoms with van der Waals surface area (Å²) in [5, 5.41) is 14.9. The second-order valence-electron chi connectivity index (χ2n) is 3.89. The largest absolute Gasteiger partial charge is 0.289 e. The van der Waals surface area contributed by atoms with Gasteiger partial charge in [0.1, 0.15) is 0 Å². The third-order valence-corrected chi connectivity index (χ3v) is 2.51. The van der Waals surface area contributed by atoms with E-state index in [-0.39, 0.29) is 11.3 Å². The molecule has 0 amide bonds. The number of carbonyl (C=O) groups excluding carboxylic acids is 1. The Labute approximate surface area is 109 Å². The summed E-state index contributed by atoms with van der Waals surface area (Å²) in [6.07, 6.45) is 4.55. The molecule has 2 rings (SSSR count). The monoisotopic (exact) mass is 257 g/mol. The number of allylic oxidation sites excluding steroid dienone is 1. The highest BCUT2D eigenvalue weighted by Gasteiger charge is 2.16. The highest BCUT2D eigenvalue weighted by Crippen LogP contribution is 2.18. The van der Waals surface area contributed by atoms with E-state index in [1.165, 1.54) is 30.4 Å². The molecule has 0 N–H and O–H groups in total. The summed E-state index contributed by atoms with van der Waals surface area (Å²) in [4.78, 5) is 22.2. The maximum atomic E-state index is 11.9. The molecule has 0 unspecified atom stereocenters. The van der Waals surface area contributed by atoms with Crippen molar-refractivity contribution >= 4 is 17.5 Å². The lowest BCUT2D eigenvalue weighted by atomic mass is 10.1. The number of hydrogen-bond acceptors (Lipinski definition) is 4. The lowest BCUT2D eigenvalue weighted by Gasteiger charge is -1.97. The van der Waals surface area contributed by atoms with Crippen molar-refractivity contribution in [3.05, 3.63) is 64.0 Å². The number of carbonyl (C=O) groups is 1. The first kappa shape index (κ1) is 12.7. The average molecular weight is 257 g/mol. The Morgan fingerprint density at radius 2 is 2.11 bits per heavy atom. The lowest BCUT2D eigenvalue weighted by Crippen LogP contribution is -2.00. The Hall–Kier alpha value is -2.76. The third-order valence-electron chi connectivity index (χ3n) is 2.51. The molecule has 1 aromatic carbocycles. The predicted molar refractivity (Wildman–Crippen MR) is 69.7 cm³/mol. The molecule has 0 aliphatic carbocycles. The number of hydrogen-bond donors (Lipinski definition) is 0. The second kappa shape index (κ2) is 5.26. The van der Waals surface area contributed by atoms with Gasteiger partial charge in [-0.1, -0.05) is 12.1 Å². The number of rotatable bonds is 4. The van der Waals surface area contributed by atoms with Gasteiger partial charge in [0.15, 0.2) is 5.78 Å². The Kier molecular flexibility index (Phi) is 3.51. The molecule has 6 nitrogen and oxygen atoms in total. The molecule has 0 bridgehead atoms. The van der Waals surface area contributed by atoms with Crippen LogP contribution in [-0.4, -0.2) is 20.5 Å². The molecule has 0 aliphatic rings. The molecule has 0 saturated carbocycles. The van der Waals surface area contributed by atoms with Crippen molar-refractivity contribution in [2.45, 2.75) is 0 Å². The fourth-order valence-electron chi connectivity index (χ4n) is 1.61. The van der Waals surface area contributed by atoms with Crippen LogP contribution in [0.2, 0.25) is 0 Å². The average Bonchev–Trinajstić information content (AvgIpc) is 2.81. The van der Waals surface area contributed by atoms with Crippen LogP contribution in [0.1, 0.15) is 16.1 Å². The van der Waals surface area contributed by atoms with Crippen molar-refractivity contribution < 1.29 is 9.72 Å². The molecule has 2 aromatic rings. The van der Waals surface area contributed by atoms with E-state index in [9.17, 15) is 14.9 Å². The first-order chi connectivity index (χ1) is 9.08. The molecule has 0 atom stereocenters. The Bertz CT molecular complexity index is 659. The zero-order chi connectivity index (χ0) is 13.8. The van der Waals surface area contributed by atoms with Crippen molar-refractivity contribution in [1.82, 2.24) is 9.78 Å². The van der Waals surface area contributed by atoms with Crippen LogP contribution in [0.3, 0.4) is 0 Å². The van der Waals surface area contributed by atoms with Crippen molar-refractivity contribution in [3.63, 3.8) is 0 Å². The van der Waals surface area contributed by atoms with Crippen LogP contribution < -0.4 is 0 Å². The van der Waals surface area contributed by atoms with Crippen LogP contribution in [0.5, 0.6) is 0 Å². The molecule has 0 saturated heterocycles. The minimum absolute atomic E-state index is 0.0691. The van der Waals surface area contributed by atoms with E-state index >= 15 is 0 Å². The van der Waals surface area contributed by atoms with Gasteiger partial charge in [0.05, 0.1) is 16.2 Å². The van der Waals surface area contributed by atoms with Crippen molar-refractivity contribution in [3.8, 4) is 0 Å². The minimum atomic E-state index is -0.568. The van der Waals surface area contributed by atoms with Gasteiger partial charge in [-0.2, -0.15) is 5.10 Å². The highest BCUT2D eigenvalue weighted by atomic mass is 16.6. The van der Waals surface area contributed by atoms with Crippen LogP contribution in [0.25, 0.3) is 6.08 Å². The van der Waals surface area contributed by atoms with Gasteiger partial charge in [-0.25, -0.2) is 0 Å². The summed E-state index contributed by atoms with van der Waals surface area (Å²) in [6, 6.07) is 7.60. The van der Waals surface area contributed by atoms with Crippen LogP contribution in [-0.2, 0) is 7.05 Å². The van der Waals surface area contributed by atoms with Gasteiger partial charge in [0.2, 0.25) is 0 Å². The van der Waals surface area contributed by atoms with E-state index in [0.29, 0.717) is 5.69 Å². The Balaban J connectivity index is 2.25. The standard InChI is InChI=1S/C13H11N3O3/c1-15-9-8-10(14-15)6-7-13(17)11-4-2-3-5-12(11)16(18)19/h2-9H,1H3/b7-6+. The number of nitro benzene ring substituents is 1.